The van der Waals surface area contributed by atoms with Crippen LogP contribution in [0, 0.1) is 6.92 Å². The highest BCUT2D eigenvalue weighted by Gasteiger charge is 2.07. The van der Waals surface area contributed by atoms with Gasteiger partial charge in [-0.05, 0) is 40.5 Å². The monoisotopic (exact) mass is 242 g/mol. The van der Waals surface area contributed by atoms with Gasteiger partial charge in [-0.25, -0.2) is 0 Å². The molecule has 1 rings (SSSR count). The van der Waals surface area contributed by atoms with E-state index in [1.807, 2.05) is 13.0 Å². The van der Waals surface area contributed by atoms with Gasteiger partial charge < -0.3 is 9.84 Å². The van der Waals surface area contributed by atoms with Crippen molar-refractivity contribution in [2.75, 3.05) is 7.11 Å². The van der Waals surface area contributed by atoms with Gasteiger partial charge in [0, 0.05) is 5.56 Å². The molecule has 0 bridgehead atoms. The van der Waals surface area contributed by atoms with Crippen LogP contribution < -0.4 is 0 Å². The number of aryl methyl sites for hydroxylation is 1. The molecule has 0 atom stereocenters. The first-order valence-corrected chi connectivity index (χ1v) is 4.58. The number of benzene rings is 1. The molecule has 0 unspecified atom stereocenters. The molecular weight excluding hydrogens is 232 g/mol. The van der Waals surface area contributed by atoms with Gasteiger partial charge >= 0.3 is 0 Å². The van der Waals surface area contributed by atoms with Gasteiger partial charge in [-0.1, -0.05) is 6.58 Å². The van der Waals surface area contributed by atoms with E-state index in [2.05, 4.69) is 22.5 Å². The first kappa shape index (κ1) is 10.1. The Kier molecular flexibility index (Phi) is 2.98. The summed E-state index contributed by atoms with van der Waals surface area (Å²) in [5.74, 6) is 0.749. The number of ether oxygens (including phenoxy) is 1. The Morgan fingerprint density at radius 1 is 1.54 bits per heavy atom. The SMILES string of the molecule is C=C(OC)c1cc(O)c(Br)cc1C. The number of methoxy groups -OCH3 is 1. The molecule has 0 aromatic heterocycles. The normalized spacial score (nSPS) is 9.77. The van der Waals surface area contributed by atoms with Crippen molar-refractivity contribution in [1.29, 1.82) is 0 Å². The summed E-state index contributed by atoms with van der Waals surface area (Å²) >= 11 is 3.23. The van der Waals surface area contributed by atoms with Crippen molar-refractivity contribution in [3.8, 4) is 5.75 Å². The topological polar surface area (TPSA) is 29.5 Å². The van der Waals surface area contributed by atoms with Crippen LogP contribution in [0.2, 0.25) is 0 Å². The third kappa shape index (κ3) is 2.04. The second-order valence-electron chi connectivity index (χ2n) is 2.75. The molecule has 0 spiro atoms. The van der Waals surface area contributed by atoms with Gasteiger partial charge in [-0.3, -0.25) is 0 Å². The maximum absolute atomic E-state index is 9.43. The Labute approximate surface area is 86.0 Å². The van der Waals surface area contributed by atoms with Crippen LogP contribution in [0.4, 0.5) is 0 Å². The molecule has 0 saturated heterocycles. The average molecular weight is 243 g/mol. The smallest absolute Gasteiger partial charge is 0.130 e. The molecule has 0 aliphatic rings. The van der Waals surface area contributed by atoms with Gasteiger partial charge in [0.1, 0.15) is 11.5 Å². The molecule has 70 valence electrons. The number of hydrogen-bond donors (Lipinski definition) is 1. The summed E-state index contributed by atoms with van der Waals surface area (Å²) < 4.78 is 5.67. The van der Waals surface area contributed by atoms with Gasteiger partial charge in [0.2, 0.25) is 0 Å². The lowest BCUT2D eigenvalue weighted by atomic mass is 10.1. The fourth-order valence-electron chi connectivity index (χ4n) is 1.07. The van der Waals surface area contributed by atoms with Crippen molar-refractivity contribution in [3.05, 3.63) is 34.3 Å². The van der Waals surface area contributed by atoms with E-state index in [0.717, 1.165) is 11.1 Å². The number of hydrogen-bond acceptors (Lipinski definition) is 2. The van der Waals surface area contributed by atoms with E-state index in [0.29, 0.717) is 10.2 Å². The van der Waals surface area contributed by atoms with Gasteiger partial charge in [0.15, 0.2) is 0 Å². The van der Waals surface area contributed by atoms with Crippen molar-refractivity contribution in [3.63, 3.8) is 0 Å². The van der Waals surface area contributed by atoms with E-state index < -0.39 is 0 Å². The van der Waals surface area contributed by atoms with Crippen LogP contribution in [0.1, 0.15) is 11.1 Å². The third-order valence-corrected chi connectivity index (χ3v) is 2.48. The van der Waals surface area contributed by atoms with Gasteiger partial charge in [-0.15, -0.1) is 0 Å². The maximum Gasteiger partial charge on any atom is 0.130 e. The molecule has 1 N–H and O–H groups in total. The fourth-order valence-corrected chi connectivity index (χ4v) is 1.53. The van der Waals surface area contributed by atoms with Crippen LogP contribution in [0.25, 0.3) is 5.76 Å². The minimum absolute atomic E-state index is 0.193. The number of aromatic hydroxyl groups is 1. The van der Waals surface area contributed by atoms with Crippen molar-refractivity contribution in [2.24, 2.45) is 0 Å². The molecule has 1 aromatic rings. The molecular formula is C10H11BrO2. The fraction of sp³-hybridized carbons (Fsp3) is 0.200. The molecule has 3 heteroatoms. The van der Waals surface area contributed by atoms with Crippen LogP contribution in [0.3, 0.4) is 0 Å². The average Bonchev–Trinajstić information content (AvgIpc) is 2.10. The lowest BCUT2D eigenvalue weighted by Crippen LogP contribution is -1.90. The lowest BCUT2D eigenvalue weighted by molar-refractivity contribution is 0.370. The minimum atomic E-state index is 0.193. The largest absolute Gasteiger partial charge is 0.507 e. The Morgan fingerprint density at radius 2 is 2.15 bits per heavy atom. The molecule has 0 amide bonds. The highest BCUT2D eigenvalue weighted by atomic mass is 79.9. The van der Waals surface area contributed by atoms with Crippen LogP contribution >= 0.6 is 15.9 Å². The Balaban J connectivity index is 3.23. The zero-order valence-corrected chi connectivity index (χ0v) is 9.18. The van der Waals surface area contributed by atoms with Crippen molar-refractivity contribution >= 4 is 21.7 Å². The van der Waals surface area contributed by atoms with E-state index in [9.17, 15) is 5.11 Å². The number of halogens is 1. The highest BCUT2D eigenvalue weighted by Crippen LogP contribution is 2.30. The van der Waals surface area contributed by atoms with Crippen molar-refractivity contribution in [2.45, 2.75) is 6.92 Å². The summed E-state index contributed by atoms with van der Waals surface area (Å²) in [4.78, 5) is 0. The summed E-state index contributed by atoms with van der Waals surface area (Å²) in [6, 6.07) is 3.46. The molecule has 0 aliphatic carbocycles. The highest BCUT2D eigenvalue weighted by molar-refractivity contribution is 9.10. The zero-order valence-electron chi connectivity index (χ0n) is 7.60. The Hall–Kier alpha value is -0.960. The van der Waals surface area contributed by atoms with E-state index in [1.54, 1.807) is 13.2 Å². The van der Waals surface area contributed by atoms with Gasteiger partial charge in [0.05, 0.1) is 11.6 Å². The maximum atomic E-state index is 9.43. The summed E-state index contributed by atoms with van der Waals surface area (Å²) in [5.41, 5.74) is 1.83. The summed E-state index contributed by atoms with van der Waals surface area (Å²) in [5, 5.41) is 9.43. The molecule has 0 fully saturated rings. The number of phenols is 1. The van der Waals surface area contributed by atoms with Crippen LogP contribution in [-0.4, -0.2) is 12.2 Å². The van der Waals surface area contributed by atoms with E-state index in [-0.39, 0.29) is 5.75 Å². The number of rotatable bonds is 2. The Morgan fingerprint density at radius 3 is 2.69 bits per heavy atom. The quantitative estimate of drug-likeness (QED) is 0.809. The molecule has 0 radical (unpaired) electrons. The standard InChI is InChI=1S/C10H11BrO2/c1-6-4-9(11)10(12)5-8(6)7(2)13-3/h4-5,12H,2H2,1,3H3. The molecule has 1 aromatic carbocycles. The molecule has 13 heavy (non-hydrogen) atoms. The first-order valence-electron chi connectivity index (χ1n) is 3.78. The summed E-state index contributed by atoms with van der Waals surface area (Å²) in [6.45, 7) is 5.66. The van der Waals surface area contributed by atoms with Crippen molar-refractivity contribution in [1.82, 2.24) is 0 Å². The van der Waals surface area contributed by atoms with Crippen LogP contribution in [-0.2, 0) is 4.74 Å². The lowest BCUT2D eigenvalue weighted by Gasteiger charge is -2.09. The Bertz CT molecular complexity index is 345. The molecule has 2 nitrogen and oxygen atoms in total. The van der Waals surface area contributed by atoms with E-state index >= 15 is 0 Å². The predicted octanol–water partition coefficient (Wildman–Crippen LogP) is 3.08. The second kappa shape index (κ2) is 3.83. The molecule has 0 aliphatic heterocycles. The van der Waals surface area contributed by atoms with Crippen LogP contribution in [0.15, 0.2) is 23.2 Å². The zero-order chi connectivity index (χ0) is 10.0. The van der Waals surface area contributed by atoms with Gasteiger partial charge in [-0.2, -0.15) is 0 Å². The van der Waals surface area contributed by atoms with Crippen LogP contribution in [0.5, 0.6) is 5.75 Å². The third-order valence-electron chi connectivity index (χ3n) is 1.84. The second-order valence-corrected chi connectivity index (χ2v) is 3.60. The molecule has 0 saturated carbocycles. The minimum Gasteiger partial charge on any atom is -0.507 e. The van der Waals surface area contributed by atoms with Crippen molar-refractivity contribution < 1.29 is 9.84 Å². The summed E-state index contributed by atoms with van der Waals surface area (Å²) in [6.07, 6.45) is 0. The first-order chi connectivity index (χ1) is 6.06. The van der Waals surface area contributed by atoms with Gasteiger partial charge in [0.25, 0.3) is 0 Å². The van der Waals surface area contributed by atoms with E-state index in [4.69, 9.17) is 4.74 Å². The van der Waals surface area contributed by atoms with E-state index in [1.165, 1.54) is 0 Å². The molecule has 0 heterocycles. The number of phenolic OH excluding ortho intramolecular Hbond substituents is 1. The predicted molar refractivity (Wildman–Crippen MR) is 56.6 cm³/mol. The summed E-state index contributed by atoms with van der Waals surface area (Å²) in [7, 11) is 1.56.